The van der Waals surface area contributed by atoms with Gasteiger partial charge >= 0.3 is 5.97 Å². The van der Waals surface area contributed by atoms with E-state index in [1.165, 1.54) is 0 Å². The zero-order chi connectivity index (χ0) is 19.2. The molecule has 2 aliphatic rings. The Balaban J connectivity index is 1.45. The SMILES string of the molecule is CC(OCC1CCCO1)C(=O)N1CCC(Cc2ccccc2C(=O)O)CC1. The van der Waals surface area contributed by atoms with Gasteiger partial charge in [0, 0.05) is 19.7 Å². The predicted molar refractivity (Wildman–Crippen MR) is 101 cm³/mol. The highest BCUT2D eigenvalue weighted by molar-refractivity contribution is 5.89. The van der Waals surface area contributed by atoms with Gasteiger partial charge in [0.05, 0.1) is 18.3 Å². The Hall–Kier alpha value is -1.92. The number of likely N-dealkylation sites (tertiary alicyclic amines) is 1. The van der Waals surface area contributed by atoms with Gasteiger partial charge in [0.15, 0.2) is 0 Å². The third kappa shape index (κ3) is 5.30. The van der Waals surface area contributed by atoms with Gasteiger partial charge in [-0.1, -0.05) is 18.2 Å². The molecule has 6 heteroatoms. The number of amides is 1. The maximum atomic E-state index is 12.6. The van der Waals surface area contributed by atoms with Gasteiger partial charge in [-0.05, 0) is 56.6 Å². The molecule has 1 N–H and O–H groups in total. The zero-order valence-corrected chi connectivity index (χ0v) is 15.9. The number of aromatic carboxylic acids is 1. The van der Waals surface area contributed by atoms with E-state index >= 15 is 0 Å². The van der Waals surface area contributed by atoms with Crippen molar-refractivity contribution < 1.29 is 24.2 Å². The number of piperidine rings is 1. The number of ether oxygens (including phenoxy) is 2. The third-order valence-corrected chi connectivity index (χ3v) is 5.59. The summed E-state index contributed by atoms with van der Waals surface area (Å²) in [4.78, 5) is 25.8. The molecule has 2 fully saturated rings. The predicted octanol–water partition coefficient (Wildman–Crippen LogP) is 2.75. The van der Waals surface area contributed by atoms with Crippen LogP contribution >= 0.6 is 0 Å². The summed E-state index contributed by atoms with van der Waals surface area (Å²) >= 11 is 0. The Bertz CT molecular complexity index is 648. The Morgan fingerprint density at radius 2 is 2.00 bits per heavy atom. The van der Waals surface area contributed by atoms with Gasteiger partial charge in [-0.2, -0.15) is 0 Å². The minimum atomic E-state index is -0.879. The molecule has 2 unspecified atom stereocenters. The summed E-state index contributed by atoms with van der Waals surface area (Å²) in [6.07, 6.45) is 4.27. The van der Waals surface area contributed by atoms with E-state index < -0.39 is 12.1 Å². The first kappa shape index (κ1) is 19.8. The Morgan fingerprint density at radius 1 is 1.26 bits per heavy atom. The number of rotatable bonds is 7. The fourth-order valence-corrected chi connectivity index (χ4v) is 3.93. The number of hydrogen-bond donors (Lipinski definition) is 1. The average Bonchev–Trinajstić information content (AvgIpc) is 3.20. The number of nitrogens with zero attached hydrogens (tertiary/aromatic N) is 1. The highest BCUT2D eigenvalue weighted by atomic mass is 16.5. The van der Waals surface area contributed by atoms with Gasteiger partial charge in [0.25, 0.3) is 5.91 Å². The van der Waals surface area contributed by atoms with Crippen molar-refractivity contribution in [3.63, 3.8) is 0 Å². The van der Waals surface area contributed by atoms with Crippen LogP contribution in [0, 0.1) is 5.92 Å². The molecular formula is C21H29NO5. The molecule has 6 nitrogen and oxygen atoms in total. The fraction of sp³-hybridized carbons (Fsp3) is 0.619. The topological polar surface area (TPSA) is 76.1 Å². The maximum absolute atomic E-state index is 12.6. The van der Waals surface area contributed by atoms with Crippen molar-refractivity contribution in [2.75, 3.05) is 26.3 Å². The van der Waals surface area contributed by atoms with E-state index in [2.05, 4.69) is 0 Å². The smallest absolute Gasteiger partial charge is 0.335 e. The molecule has 0 radical (unpaired) electrons. The van der Waals surface area contributed by atoms with Gasteiger partial charge in [-0.15, -0.1) is 0 Å². The van der Waals surface area contributed by atoms with Gasteiger partial charge in [0.2, 0.25) is 0 Å². The lowest BCUT2D eigenvalue weighted by atomic mass is 9.88. The highest BCUT2D eigenvalue weighted by Gasteiger charge is 2.28. The molecule has 1 amide bonds. The van der Waals surface area contributed by atoms with E-state index in [1.54, 1.807) is 12.1 Å². The lowest BCUT2D eigenvalue weighted by Crippen LogP contribution is -2.44. The van der Waals surface area contributed by atoms with E-state index in [-0.39, 0.29) is 12.0 Å². The molecular weight excluding hydrogens is 346 g/mol. The third-order valence-electron chi connectivity index (χ3n) is 5.59. The number of carbonyl (C=O) groups is 2. The number of benzene rings is 1. The van der Waals surface area contributed by atoms with Crippen LogP contribution in [-0.4, -0.2) is 60.4 Å². The van der Waals surface area contributed by atoms with E-state index in [1.807, 2.05) is 24.0 Å². The fourth-order valence-electron chi connectivity index (χ4n) is 3.93. The maximum Gasteiger partial charge on any atom is 0.335 e. The summed E-state index contributed by atoms with van der Waals surface area (Å²) in [6.45, 7) is 4.48. The summed E-state index contributed by atoms with van der Waals surface area (Å²) in [5.41, 5.74) is 1.26. The molecule has 148 valence electrons. The molecule has 3 rings (SSSR count). The lowest BCUT2D eigenvalue weighted by molar-refractivity contribution is -0.146. The summed E-state index contributed by atoms with van der Waals surface area (Å²) in [5.74, 6) is -0.439. The molecule has 2 saturated heterocycles. The molecule has 0 aromatic heterocycles. The Labute approximate surface area is 160 Å². The second kappa shape index (κ2) is 9.33. The summed E-state index contributed by atoms with van der Waals surface area (Å²) in [5, 5.41) is 9.32. The molecule has 0 spiro atoms. The van der Waals surface area contributed by atoms with Crippen molar-refractivity contribution in [2.24, 2.45) is 5.92 Å². The molecule has 2 heterocycles. The molecule has 2 aliphatic heterocycles. The van der Waals surface area contributed by atoms with Gasteiger partial charge in [0.1, 0.15) is 6.10 Å². The van der Waals surface area contributed by atoms with E-state index in [0.717, 1.165) is 44.3 Å². The molecule has 0 saturated carbocycles. The van der Waals surface area contributed by atoms with Gasteiger partial charge < -0.3 is 19.5 Å². The van der Waals surface area contributed by atoms with Crippen molar-refractivity contribution in [3.8, 4) is 0 Å². The zero-order valence-electron chi connectivity index (χ0n) is 15.9. The van der Waals surface area contributed by atoms with Crippen LogP contribution in [0.4, 0.5) is 0 Å². The van der Waals surface area contributed by atoms with E-state index in [0.29, 0.717) is 31.2 Å². The monoisotopic (exact) mass is 375 g/mol. The van der Waals surface area contributed by atoms with Gasteiger partial charge in [-0.25, -0.2) is 4.79 Å². The highest BCUT2D eigenvalue weighted by Crippen LogP contribution is 2.24. The van der Waals surface area contributed by atoms with Crippen molar-refractivity contribution in [1.82, 2.24) is 4.90 Å². The van der Waals surface area contributed by atoms with Gasteiger partial charge in [-0.3, -0.25) is 4.79 Å². The quantitative estimate of drug-likeness (QED) is 0.793. The summed E-state index contributed by atoms with van der Waals surface area (Å²) < 4.78 is 11.3. The number of hydrogen-bond acceptors (Lipinski definition) is 4. The first-order chi connectivity index (χ1) is 13.0. The molecule has 27 heavy (non-hydrogen) atoms. The van der Waals surface area contributed by atoms with Crippen LogP contribution in [-0.2, 0) is 20.7 Å². The number of carbonyl (C=O) groups excluding carboxylic acids is 1. The number of carboxylic acid groups (broad SMARTS) is 1. The van der Waals surface area contributed by atoms with Crippen molar-refractivity contribution in [2.45, 2.75) is 51.2 Å². The summed E-state index contributed by atoms with van der Waals surface area (Å²) in [6, 6.07) is 7.19. The normalized spacial score (nSPS) is 22.0. The second-order valence-electron chi connectivity index (χ2n) is 7.55. The largest absolute Gasteiger partial charge is 0.478 e. The van der Waals surface area contributed by atoms with Crippen molar-refractivity contribution in [1.29, 1.82) is 0 Å². The molecule has 1 aromatic carbocycles. The molecule has 2 atom stereocenters. The van der Waals surface area contributed by atoms with Crippen LogP contribution in [0.5, 0.6) is 0 Å². The van der Waals surface area contributed by atoms with Crippen LogP contribution in [0.3, 0.4) is 0 Å². The van der Waals surface area contributed by atoms with Crippen LogP contribution in [0.1, 0.15) is 48.5 Å². The molecule has 1 aromatic rings. The molecule has 0 aliphatic carbocycles. The second-order valence-corrected chi connectivity index (χ2v) is 7.55. The van der Waals surface area contributed by atoms with Crippen molar-refractivity contribution >= 4 is 11.9 Å². The first-order valence-electron chi connectivity index (χ1n) is 9.87. The van der Waals surface area contributed by atoms with E-state index in [9.17, 15) is 14.7 Å². The first-order valence-corrected chi connectivity index (χ1v) is 9.87. The lowest BCUT2D eigenvalue weighted by Gasteiger charge is -2.34. The average molecular weight is 375 g/mol. The molecule has 0 bridgehead atoms. The summed E-state index contributed by atoms with van der Waals surface area (Å²) in [7, 11) is 0. The van der Waals surface area contributed by atoms with Crippen LogP contribution in [0.15, 0.2) is 24.3 Å². The van der Waals surface area contributed by atoms with E-state index in [4.69, 9.17) is 9.47 Å². The van der Waals surface area contributed by atoms with Crippen LogP contribution < -0.4 is 0 Å². The number of carboxylic acids is 1. The standard InChI is InChI=1S/C21H29NO5/c1-15(27-14-18-6-4-12-26-18)20(23)22-10-8-16(9-11-22)13-17-5-2-3-7-19(17)21(24)25/h2-3,5,7,15-16,18H,4,6,8-14H2,1H3,(H,24,25). The van der Waals surface area contributed by atoms with Crippen LogP contribution in [0.2, 0.25) is 0 Å². The minimum Gasteiger partial charge on any atom is -0.478 e. The van der Waals surface area contributed by atoms with Crippen LogP contribution in [0.25, 0.3) is 0 Å². The minimum absolute atomic E-state index is 0.0392. The van der Waals surface area contributed by atoms with Crippen molar-refractivity contribution in [3.05, 3.63) is 35.4 Å². The Kier molecular flexibility index (Phi) is 6.85. The Morgan fingerprint density at radius 3 is 2.67 bits per heavy atom.